The molecule has 0 bridgehead atoms. The molecule has 1 fully saturated rings. The van der Waals surface area contributed by atoms with Crippen molar-refractivity contribution in [2.24, 2.45) is 5.84 Å². The Morgan fingerprint density at radius 3 is 2.83 bits per heavy atom. The zero-order valence-electron chi connectivity index (χ0n) is 10.8. The molecule has 1 aliphatic carbocycles. The molecule has 1 saturated carbocycles. The Morgan fingerprint density at radius 1 is 1.50 bits per heavy atom. The average Bonchev–Trinajstić information content (AvgIpc) is 2.31. The van der Waals surface area contributed by atoms with Crippen LogP contribution in [0.4, 0.5) is 11.6 Å². The quantitative estimate of drug-likeness (QED) is 0.512. The fraction of sp³-hybridized carbons (Fsp3) is 0.667. The lowest BCUT2D eigenvalue weighted by Crippen LogP contribution is -2.41. The Bertz CT molecular complexity index is 394. The normalized spacial score (nSPS) is 15.3. The van der Waals surface area contributed by atoms with E-state index in [1.54, 1.807) is 0 Å². The van der Waals surface area contributed by atoms with Crippen LogP contribution < -0.4 is 16.2 Å². The molecule has 0 aliphatic heterocycles. The van der Waals surface area contributed by atoms with Gasteiger partial charge in [-0.05, 0) is 32.6 Å². The summed E-state index contributed by atoms with van der Waals surface area (Å²) in [5.41, 5.74) is 2.57. The summed E-state index contributed by atoms with van der Waals surface area (Å²) in [6.07, 6.45) is 4.41. The molecule has 100 valence electrons. The first kappa shape index (κ1) is 13.0. The van der Waals surface area contributed by atoms with E-state index in [1.807, 2.05) is 13.0 Å². The van der Waals surface area contributed by atoms with Gasteiger partial charge in [0.05, 0.1) is 0 Å². The van der Waals surface area contributed by atoms with E-state index in [1.165, 1.54) is 19.3 Å². The van der Waals surface area contributed by atoms with Gasteiger partial charge in [0.15, 0.2) is 0 Å². The molecule has 6 heteroatoms. The van der Waals surface area contributed by atoms with Gasteiger partial charge in [-0.3, -0.25) is 0 Å². The van der Waals surface area contributed by atoms with Crippen LogP contribution in [-0.4, -0.2) is 34.3 Å². The fourth-order valence-electron chi connectivity index (χ4n) is 2.20. The Balaban J connectivity index is 2.19. The number of aryl methyl sites for hydroxylation is 1. The highest BCUT2D eigenvalue weighted by Gasteiger charge is 2.26. The minimum atomic E-state index is 0.204. The third kappa shape index (κ3) is 2.88. The Kier molecular flexibility index (Phi) is 4.33. The molecular weight excluding hydrogens is 230 g/mol. The molecule has 0 radical (unpaired) electrons. The van der Waals surface area contributed by atoms with Crippen LogP contribution in [0.1, 0.15) is 31.5 Å². The van der Waals surface area contributed by atoms with E-state index >= 15 is 0 Å². The molecule has 1 heterocycles. The number of hydrogen-bond acceptors (Lipinski definition) is 6. The minimum absolute atomic E-state index is 0.204. The standard InChI is InChI=1S/C12H21N5O/c1-9-14-11(16-13)8-12(15-9)17(6-3-7-18)10-4-2-5-10/h8,10,18H,2-7,13H2,1H3,(H,14,15,16). The molecule has 0 amide bonds. The van der Waals surface area contributed by atoms with Gasteiger partial charge in [-0.1, -0.05) is 0 Å². The Morgan fingerprint density at radius 2 is 2.28 bits per heavy atom. The summed E-state index contributed by atoms with van der Waals surface area (Å²) in [5.74, 6) is 7.64. The van der Waals surface area contributed by atoms with Crippen LogP contribution in [0.3, 0.4) is 0 Å². The molecule has 0 spiro atoms. The lowest BCUT2D eigenvalue weighted by molar-refractivity contribution is 0.282. The predicted octanol–water partition coefficient (Wildman–Crippen LogP) is 0.812. The van der Waals surface area contributed by atoms with Gasteiger partial charge in [-0.15, -0.1) is 0 Å². The summed E-state index contributed by atoms with van der Waals surface area (Å²) in [4.78, 5) is 10.9. The number of aromatic nitrogens is 2. The minimum Gasteiger partial charge on any atom is -0.396 e. The van der Waals surface area contributed by atoms with Gasteiger partial charge in [0.2, 0.25) is 0 Å². The number of hydrazine groups is 1. The molecule has 1 aliphatic rings. The first-order valence-electron chi connectivity index (χ1n) is 6.44. The largest absolute Gasteiger partial charge is 0.396 e. The van der Waals surface area contributed by atoms with Gasteiger partial charge in [0.25, 0.3) is 0 Å². The second-order valence-corrected chi connectivity index (χ2v) is 4.66. The maximum Gasteiger partial charge on any atom is 0.145 e. The topological polar surface area (TPSA) is 87.3 Å². The lowest BCUT2D eigenvalue weighted by atomic mass is 9.91. The third-order valence-corrected chi connectivity index (χ3v) is 3.34. The van der Waals surface area contributed by atoms with Crippen molar-refractivity contribution >= 4 is 11.6 Å². The van der Waals surface area contributed by atoms with Crippen LogP contribution in [0.25, 0.3) is 0 Å². The number of nitrogens with one attached hydrogen (secondary N) is 1. The highest BCUT2D eigenvalue weighted by molar-refractivity contribution is 5.49. The molecule has 6 nitrogen and oxygen atoms in total. The number of aliphatic hydroxyl groups is 1. The van der Waals surface area contributed by atoms with Crippen molar-refractivity contribution in [3.63, 3.8) is 0 Å². The maximum atomic E-state index is 9.00. The van der Waals surface area contributed by atoms with E-state index in [0.29, 0.717) is 17.7 Å². The molecule has 0 atom stereocenters. The molecule has 0 unspecified atom stereocenters. The van der Waals surface area contributed by atoms with E-state index in [-0.39, 0.29) is 6.61 Å². The van der Waals surface area contributed by atoms with Gasteiger partial charge < -0.3 is 15.4 Å². The number of nitrogens with zero attached hydrogens (tertiary/aromatic N) is 3. The molecule has 1 aromatic rings. The SMILES string of the molecule is Cc1nc(NN)cc(N(CCCO)C2CCC2)n1. The molecule has 2 rings (SSSR count). The highest BCUT2D eigenvalue weighted by atomic mass is 16.3. The highest BCUT2D eigenvalue weighted by Crippen LogP contribution is 2.29. The molecular formula is C12H21N5O. The summed E-state index contributed by atoms with van der Waals surface area (Å²) < 4.78 is 0. The van der Waals surface area contributed by atoms with Gasteiger partial charge in [-0.25, -0.2) is 15.8 Å². The van der Waals surface area contributed by atoms with Gasteiger partial charge in [-0.2, -0.15) is 0 Å². The van der Waals surface area contributed by atoms with Crippen LogP contribution in [0, 0.1) is 6.92 Å². The van der Waals surface area contributed by atoms with Crippen molar-refractivity contribution in [3.8, 4) is 0 Å². The zero-order chi connectivity index (χ0) is 13.0. The van der Waals surface area contributed by atoms with Crippen molar-refractivity contribution in [1.29, 1.82) is 0 Å². The number of hydrogen-bond donors (Lipinski definition) is 3. The number of nitrogen functional groups attached to an aromatic ring is 1. The van der Waals surface area contributed by atoms with Gasteiger partial charge in [0.1, 0.15) is 17.5 Å². The number of aliphatic hydroxyl groups excluding tert-OH is 1. The Labute approximate surface area is 107 Å². The summed E-state index contributed by atoms with van der Waals surface area (Å²) in [7, 11) is 0. The second-order valence-electron chi connectivity index (χ2n) is 4.66. The zero-order valence-corrected chi connectivity index (χ0v) is 10.8. The summed E-state index contributed by atoms with van der Waals surface area (Å²) >= 11 is 0. The third-order valence-electron chi connectivity index (χ3n) is 3.34. The number of nitrogens with two attached hydrogens (primary N) is 1. The maximum absolute atomic E-state index is 9.00. The van der Waals surface area contributed by atoms with Gasteiger partial charge in [0, 0.05) is 25.3 Å². The van der Waals surface area contributed by atoms with Crippen molar-refractivity contribution in [3.05, 3.63) is 11.9 Å². The Hall–Kier alpha value is -1.40. The van der Waals surface area contributed by atoms with Crippen LogP contribution in [0.5, 0.6) is 0 Å². The van der Waals surface area contributed by atoms with E-state index in [2.05, 4.69) is 20.3 Å². The summed E-state index contributed by atoms with van der Waals surface area (Å²) in [6, 6.07) is 2.40. The molecule has 0 saturated heterocycles. The van der Waals surface area contributed by atoms with E-state index in [0.717, 1.165) is 18.8 Å². The van der Waals surface area contributed by atoms with E-state index < -0.39 is 0 Å². The average molecular weight is 251 g/mol. The molecule has 0 aromatic carbocycles. The smallest absolute Gasteiger partial charge is 0.145 e. The number of rotatable bonds is 6. The van der Waals surface area contributed by atoms with Crippen molar-refractivity contribution < 1.29 is 5.11 Å². The van der Waals surface area contributed by atoms with Crippen molar-refractivity contribution in [2.45, 2.75) is 38.6 Å². The van der Waals surface area contributed by atoms with Crippen molar-refractivity contribution in [2.75, 3.05) is 23.5 Å². The van der Waals surface area contributed by atoms with Crippen LogP contribution in [0.2, 0.25) is 0 Å². The molecule has 18 heavy (non-hydrogen) atoms. The molecule has 1 aromatic heterocycles. The second kappa shape index (κ2) is 5.97. The van der Waals surface area contributed by atoms with Crippen LogP contribution >= 0.6 is 0 Å². The van der Waals surface area contributed by atoms with E-state index in [4.69, 9.17) is 10.9 Å². The summed E-state index contributed by atoms with van der Waals surface area (Å²) in [5, 5.41) is 9.00. The molecule has 4 N–H and O–H groups in total. The van der Waals surface area contributed by atoms with Gasteiger partial charge >= 0.3 is 0 Å². The predicted molar refractivity (Wildman–Crippen MR) is 71.3 cm³/mol. The lowest BCUT2D eigenvalue weighted by Gasteiger charge is -2.38. The van der Waals surface area contributed by atoms with Crippen molar-refractivity contribution in [1.82, 2.24) is 9.97 Å². The first-order valence-corrected chi connectivity index (χ1v) is 6.44. The first-order chi connectivity index (χ1) is 8.74. The summed E-state index contributed by atoms with van der Waals surface area (Å²) in [6.45, 7) is 2.88. The number of anilines is 2. The van der Waals surface area contributed by atoms with Crippen LogP contribution in [-0.2, 0) is 0 Å². The fourth-order valence-corrected chi connectivity index (χ4v) is 2.20. The van der Waals surface area contributed by atoms with Crippen LogP contribution in [0.15, 0.2) is 6.07 Å². The van der Waals surface area contributed by atoms with E-state index in [9.17, 15) is 0 Å². The monoisotopic (exact) mass is 251 g/mol.